The highest BCUT2D eigenvalue weighted by Crippen LogP contribution is 2.10. The second-order valence-electron chi connectivity index (χ2n) is 4.28. The van der Waals surface area contributed by atoms with Gasteiger partial charge in [0.1, 0.15) is 0 Å². The van der Waals surface area contributed by atoms with E-state index in [0.717, 1.165) is 35.5 Å². The van der Waals surface area contributed by atoms with E-state index in [2.05, 4.69) is 5.32 Å². The highest BCUT2D eigenvalue weighted by atomic mass is 16.3. The van der Waals surface area contributed by atoms with Gasteiger partial charge in [0, 0.05) is 18.8 Å². The molecule has 0 aliphatic carbocycles. The minimum Gasteiger partial charge on any atom is -0.398 e. The molecule has 0 saturated heterocycles. The van der Waals surface area contributed by atoms with E-state index >= 15 is 0 Å². The lowest BCUT2D eigenvalue weighted by Crippen LogP contribution is -2.13. The van der Waals surface area contributed by atoms with Gasteiger partial charge in [-0.05, 0) is 22.8 Å². The molecule has 0 fully saturated rings. The van der Waals surface area contributed by atoms with Gasteiger partial charge in [0.05, 0.1) is 6.61 Å². The Labute approximate surface area is 107 Å². The van der Waals surface area contributed by atoms with Gasteiger partial charge >= 0.3 is 0 Å². The number of hydrogen-bond acceptors (Lipinski definition) is 3. The number of nitrogens with two attached hydrogens (primary N) is 1. The van der Waals surface area contributed by atoms with Gasteiger partial charge in [0.15, 0.2) is 0 Å². The Morgan fingerprint density at radius 2 is 1.72 bits per heavy atom. The highest BCUT2D eigenvalue weighted by molar-refractivity contribution is 5.46. The summed E-state index contributed by atoms with van der Waals surface area (Å²) >= 11 is 0. The van der Waals surface area contributed by atoms with Crippen molar-refractivity contribution in [1.29, 1.82) is 0 Å². The molecule has 3 nitrogen and oxygen atoms in total. The number of nitrogen functional groups attached to an aromatic ring is 1. The Balaban J connectivity index is 1.90. The molecule has 0 unspecified atom stereocenters. The molecular formula is C15H18N2O. The first-order valence-corrected chi connectivity index (χ1v) is 6.02. The van der Waals surface area contributed by atoms with E-state index in [1.54, 1.807) is 0 Å². The molecule has 0 aliphatic rings. The van der Waals surface area contributed by atoms with Gasteiger partial charge in [0.25, 0.3) is 0 Å². The fourth-order valence-electron chi connectivity index (χ4n) is 1.87. The molecule has 0 spiro atoms. The van der Waals surface area contributed by atoms with Crippen LogP contribution < -0.4 is 11.1 Å². The Bertz CT molecular complexity index is 511. The van der Waals surface area contributed by atoms with Crippen molar-refractivity contribution in [2.75, 3.05) is 5.73 Å². The van der Waals surface area contributed by atoms with Crippen LogP contribution >= 0.6 is 0 Å². The number of aliphatic hydroxyl groups is 1. The van der Waals surface area contributed by atoms with Gasteiger partial charge in [-0.1, -0.05) is 42.5 Å². The molecule has 2 rings (SSSR count). The van der Waals surface area contributed by atoms with Crippen LogP contribution in [0.15, 0.2) is 48.5 Å². The summed E-state index contributed by atoms with van der Waals surface area (Å²) < 4.78 is 0. The summed E-state index contributed by atoms with van der Waals surface area (Å²) in [4.78, 5) is 0. The van der Waals surface area contributed by atoms with Gasteiger partial charge < -0.3 is 16.2 Å². The predicted octanol–water partition coefficient (Wildman–Crippen LogP) is 2.05. The third-order valence-electron chi connectivity index (χ3n) is 2.87. The zero-order chi connectivity index (χ0) is 12.8. The number of aliphatic hydroxyl groups excluding tert-OH is 1. The van der Waals surface area contributed by atoms with E-state index in [9.17, 15) is 0 Å². The number of rotatable bonds is 5. The average Bonchev–Trinajstić information content (AvgIpc) is 2.41. The number of nitrogens with one attached hydrogen (secondary N) is 1. The Morgan fingerprint density at radius 1 is 0.944 bits per heavy atom. The number of anilines is 1. The Morgan fingerprint density at radius 3 is 2.50 bits per heavy atom. The molecule has 18 heavy (non-hydrogen) atoms. The van der Waals surface area contributed by atoms with Crippen molar-refractivity contribution in [3.05, 3.63) is 65.2 Å². The molecule has 0 aliphatic heterocycles. The zero-order valence-corrected chi connectivity index (χ0v) is 10.3. The molecular weight excluding hydrogens is 224 g/mol. The molecule has 0 radical (unpaired) electrons. The van der Waals surface area contributed by atoms with Crippen LogP contribution in [0.3, 0.4) is 0 Å². The lowest BCUT2D eigenvalue weighted by molar-refractivity contribution is 0.281. The summed E-state index contributed by atoms with van der Waals surface area (Å²) in [5.41, 5.74) is 9.90. The van der Waals surface area contributed by atoms with Crippen molar-refractivity contribution < 1.29 is 5.11 Å². The SMILES string of the molecule is Nc1ccccc1CNCc1cccc(CO)c1. The first kappa shape index (κ1) is 12.6. The van der Waals surface area contributed by atoms with Crippen LogP contribution in [0.2, 0.25) is 0 Å². The smallest absolute Gasteiger partial charge is 0.0681 e. The maximum Gasteiger partial charge on any atom is 0.0681 e. The third kappa shape index (κ3) is 3.32. The van der Waals surface area contributed by atoms with Crippen molar-refractivity contribution in [2.24, 2.45) is 0 Å². The molecule has 4 N–H and O–H groups in total. The average molecular weight is 242 g/mol. The van der Waals surface area contributed by atoms with E-state index < -0.39 is 0 Å². The standard InChI is InChI=1S/C15H18N2O/c16-15-7-2-1-6-14(15)10-17-9-12-4-3-5-13(8-12)11-18/h1-8,17-18H,9-11,16H2. The maximum atomic E-state index is 9.06. The normalized spacial score (nSPS) is 10.5. The summed E-state index contributed by atoms with van der Waals surface area (Å²) in [7, 11) is 0. The minimum absolute atomic E-state index is 0.0828. The summed E-state index contributed by atoms with van der Waals surface area (Å²) in [6.07, 6.45) is 0. The van der Waals surface area contributed by atoms with Crippen molar-refractivity contribution in [1.82, 2.24) is 5.32 Å². The Kier molecular flexibility index (Phi) is 4.34. The fourth-order valence-corrected chi connectivity index (χ4v) is 1.87. The van der Waals surface area contributed by atoms with Crippen molar-refractivity contribution in [3.63, 3.8) is 0 Å². The van der Waals surface area contributed by atoms with Crippen LogP contribution in [0.1, 0.15) is 16.7 Å². The van der Waals surface area contributed by atoms with Gasteiger partial charge in [-0.25, -0.2) is 0 Å². The van der Waals surface area contributed by atoms with Gasteiger partial charge in [0.2, 0.25) is 0 Å². The minimum atomic E-state index is 0.0828. The number of benzene rings is 2. The molecule has 0 atom stereocenters. The third-order valence-corrected chi connectivity index (χ3v) is 2.87. The van der Waals surface area contributed by atoms with Crippen molar-refractivity contribution in [2.45, 2.75) is 19.7 Å². The van der Waals surface area contributed by atoms with Gasteiger partial charge in [-0.2, -0.15) is 0 Å². The molecule has 0 heterocycles. The summed E-state index contributed by atoms with van der Waals surface area (Å²) in [5.74, 6) is 0. The molecule has 3 heteroatoms. The van der Waals surface area contributed by atoms with Crippen LogP contribution in [0.4, 0.5) is 5.69 Å². The van der Waals surface area contributed by atoms with E-state index in [1.165, 1.54) is 0 Å². The summed E-state index contributed by atoms with van der Waals surface area (Å²) in [6, 6.07) is 15.8. The van der Waals surface area contributed by atoms with Crippen molar-refractivity contribution >= 4 is 5.69 Å². The largest absolute Gasteiger partial charge is 0.398 e. The van der Waals surface area contributed by atoms with E-state index in [-0.39, 0.29) is 6.61 Å². The molecule has 2 aromatic rings. The van der Waals surface area contributed by atoms with Gasteiger partial charge in [-0.15, -0.1) is 0 Å². The molecule has 94 valence electrons. The molecule has 0 amide bonds. The van der Waals surface area contributed by atoms with Crippen LogP contribution in [0.25, 0.3) is 0 Å². The first-order valence-electron chi connectivity index (χ1n) is 6.02. The van der Waals surface area contributed by atoms with Crippen LogP contribution in [-0.4, -0.2) is 5.11 Å². The van der Waals surface area contributed by atoms with Crippen LogP contribution in [-0.2, 0) is 19.7 Å². The van der Waals surface area contributed by atoms with E-state index in [0.29, 0.717) is 0 Å². The highest BCUT2D eigenvalue weighted by Gasteiger charge is 1.98. The topological polar surface area (TPSA) is 58.3 Å². The molecule has 0 bridgehead atoms. The van der Waals surface area contributed by atoms with Crippen LogP contribution in [0, 0.1) is 0 Å². The molecule has 0 aromatic heterocycles. The lowest BCUT2D eigenvalue weighted by atomic mass is 10.1. The van der Waals surface area contributed by atoms with Crippen molar-refractivity contribution in [3.8, 4) is 0 Å². The fraction of sp³-hybridized carbons (Fsp3) is 0.200. The second-order valence-corrected chi connectivity index (χ2v) is 4.28. The maximum absolute atomic E-state index is 9.06. The number of hydrogen-bond donors (Lipinski definition) is 3. The van der Waals surface area contributed by atoms with Crippen LogP contribution in [0.5, 0.6) is 0 Å². The number of para-hydroxylation sites is 1. The summed E-state index contributed by atoms with van der Waals surface area (Å²) in [6.45, 7) is 1.59. The first-order chi connectivity index (χ1) is 8.79. The van der Waals surface area contributed by atoms with E-state index in [4.69, 9.17) is 10.8 Å². The second kappa shape index (κ2) is 6.19. The van der Waals surface area contributed by atoms with Gasteiger partial charge in [-0.3, -0.25) is 0 Å². The lowest BCUT2D eigenvalue weighted by Gasteiger charge is -2.08. The summed E-state index contributed by atoms with van der Waals surface area (Å²) in [5, 5.41) is 12.4. The van der Waals surface area contributed by atoms with E-state index in [1.807, 2.05) is 48.5 Å². The Hall–Kier alpha value is -1.84. The quantitative estimate of drug-likeness (QED) is 0.703. The molecule has 2 aromatic carbocycles. The molecule has 0 saturated carbocycles. The monoisotopic (exact) mass is 242 g/mol. The predicted molar refractivity (Wildman–Crippen MR) is 73.8 cm³/mol. The zero-order valence-electron chi connectivity index (χ0n) is 10.3.